The number of methoxy groups -OCH3 is 1. The minimum absolute atomic E-state index is 0.230. The molecule has 1 fully saturated rings. The van der Waals surface area contributed by atoms with Gasteiger partial charge in [0, 0.05) is 18.0 Å². The van der Waals surface area contributed by atoms with Gasteiger partial charge in [-0.2, -0.15) is 0 Å². The first-order valence-corrected chi connectivity index (χ1v) is 6.72. The fraction of sp³-hybridized carbons (Fsp3) is 0.533. The van der Waals surface area contributed by atoms with Crippen molar-refractivity contribution in [1.82, 2.24) is 0 Å². The lowest BCUT2D eigenvalue weighted by Gasteiger charge is -2.13. The molecule has 0 radical (unpaired) electrons. The van der Waals surface area contributed by atoms with Crippen molar-refractivity contribution in [2.75, 3.05) is 19.0 Å². The third kappa shape index (κ3) is 2.66. The van der Waals surface area contributed by atoms with Gasteiger partial charge in [-0.15, -0.1) is 0 Å². The van der Waals surface area contributed by atoms with E-state index in [-0.39, 0.29) is 11.7 Å². The van der Waals surface area contributed by atoms with Gasteiger partial charge in [0.15, 0.2) is 5.78 Å². The Bertz CT molecular complexity index is 423. The van der Waals surface area contributed by atoms with Crippen LogP contribution in [0.3, 0.4) is 0 Å². The van der Waals surface area contributed by atoms with Gasteiger partial charge in [-0.3, -0.25) is 4.79 Å². The first kappa shape index (κ1) is 12.9. The largest absolute Gasteiger partial charge is 0.495 e. The molecule has 1 saturated carbocycles. The summed E-state index contributed by atoms with van der Waals surface area (Å²) in [6, 6.07) is 5.67. The van der Waals surface area contributed by atoms with E-state index in [1.54, 1.807) is 7.11 Å². The van der Waals surface area contributed by atoms with Crippen molar-refractivity contribution < 1.29 is 9.53 Å². The highest BCUT2D eigenvalue weighted by Crippen LogP contribution is 2.31. The first-order valence-electron chi connectivity index (χ1n) is 6.72. The maximum atomic E-state index is 12.3. The number of Topliss-reactive ketones (excluding diaryl/α,β-unsaturated/α-hetero) is 1. The van der Waals surface area contributed by atoms with Crippen LogP contribution in [0.4, 0.5) is 5.69 Å². The SMILES string of the molecule is CCNc1cc(C(=O)C2CCCC2)ccc1OC. The zero-order valence-electron chi connectivity index (χ0n) is 11.2. The summed E-state index contributed by atoms with van der Waals surface area (Å²) < 4.78 is 5.28. The van der Waals surface area contributed by atoms with Crippen molar-refractivity contribution in [3.8, 4) is 5.75 Å². The Balaban J connectivity index is 2.22. The van der Waals surface area contributed by atoms with Gasteiger partial charge in [0.25, 0.3) is 0 Å². The van der Waals surface area contributed by atoms with Crippen molar-refractivity contribution in [2.45, 2.75) is 32.6 Å². The number of ketones is 1. The Labute approximate surface area is 109 Å². The number of ether oxygens (including phenoxy) is 1. The molecule has 0 atom stereocenters. The molecule has 0 spiro atoms. The van der Waals surface area contributed by atoms with E-state index in [9.17, 15) is 4.79 Å². The normalized spacial score (nSPS) is 15.7. The van der Waals surface area contributed by atoms with E-state index in [1.807, 2.05) is 25.1 Å². The third-order valence-corrected chi connectivity index (χ3v) is 3.58. The molecule has 1 N–H and O–H groups in total. The summed E-state index contributed by atoms with van der Waals surface area (Å²) in [7, 11) is 1.65. The van der Waals surface area contributed by atoms with Gasteiger partial charge in [0.2, 0.25) is 0 Å². The summed E-state index contributed by atoms with van der Waals surface area (Å²) in [4.78, 5) is 12.3. The summed E-state index contributed by atoms with van der Waals surface area (Å²) in [5.74, 6) is 1.31. The number of carbonyl (C=O) groups is 1. The van der Waals surface area contributed by atoms with E-state index >= 15 is 0 Å². The predicted molar refractivity (Wildman–Crippen MR) is 73.4 cm³/mol. The number of rotatable bonds is 5. The van der Waals surface area contributed by atoms with Crippen molar-refractivity contribution in [1.29, 1.82) is 0 Å². The first-order chi connectivity index (χ1) is 8.76. The fourth-order valence-electron chi connectivity index (χ4n) is 2.61. The third-order valence-electron chi connectivity index (χ3n) is 3.58. The smallest absolute Gasteiger partial charge is 0.166 e. The molecule has 1 aliphatic carbocycles. The van der Waals surface area contributed by atoms with E-state index in [0.29, 0.717) is 0 Å². The average molecular weight is 247 g/mol. The highest BCUT2D eigenvalue weighted by atomic mass is 16.5. The van der Waals surface area contributed by atoms with Gasteiger partial charge >= 0.3 is 0 Å². The molecule has 0 aromatic heterocycles. The second-order valence-corrected chi connectivity index (χ2v) is 4.79. The standard InChI is InChI=1S/C15H21NO2/c1-3-16-13-10-12(8-9-14(13)18-2)15(17)11-6-4-5-7-11/h8-11,16H,3-7H2,1-2H3. The molecule has 1 aliphatic rings. The van der Waals surface area contributed by atoms with Crippen molar-refractivity contribution in [3.63, 3.8) is 0 Å². The molecule has 0 heterocycles. The summed E-state index contributed by atoms with van der Waals surface area (Å²) in [6.45, 7) is 2.85. The highest BCUT2D eigenvalue weighted by molar-refractivity contribution is 5.99. The number of benzene rings is 1. The molecule has 0 bridgehead atoms. The van der Waals surface area contributed by atoms with Gasteiger partial charge in [-0.25, -0.2) is 0 Å². The van der Waals surface area contributed by atoms with Crippen LogP contribution >= 0.6 is 0 Å². The van der Waals surface area contributed by atoms with Crippen LogP contribution in [-0.4, -0.2) is 19.4 Å². The van der Waals surface area contributed by atoms with Gasteiger partial charge in [-0.05, 0) is 38.0 Å². The van der Waals surface area contributed by atoms with Crippen LogP contribution in [0.2, 0.25) is 0 Å². The van der Waals surface area contributed by atoms with Crippen LogP contribution in [0.25, 0.3) is 0 Å². The molecule has 98 valence electrons. The summed E-state index contributed by atoms with van der Waals surface area (Å²) in [5, 5.41) is 3.24. The fourth-order valence-corrected chi connectivity index (χ4v) is 2.61. The van der Waals surface area contributed by atoms with E-state index in [0.717, 1.165) is 36.4 Å². The lowest BCUT2D eigenvalue weighted by molar-refractivity contribution is 0.0923. The van der Waals surface area contributed by atoms with E-state index < -0.39 is 0 Å². The maximum absolute atomic E-state index is 12.3. The van der Waals surface area contributed by atoms with Crippen molar-refractivity contribution >= 4 is 11.5 Å². The molecule has 18 heavy (non-hydrogen) atoms. The van der Waals surface area contributed by atoms with E-state index in [1.165, 1.54) is 12.8 Å². The summed E-state index contributed by atoms with van der Waals surface area (Å²) in [6.07, 6.45) is 4.46. The molecule has 1 aromatic rings. The molecule has 3 nitrogen and oxygen atoms in total. The second kappa shape index (κ2) is 5.89. The van der Waals surface area contributed by atoms with Crippen molar-refractivity contribution in [2.24, 2.45) is 5.92 Å². The minimum atomic E-state index is 0.230. The predicted octanol–water partition coefficient (Wildman–Crippen LogP) is 3.50. The molecule has 1 aromatic carbocycles. The Morgan fingerprint density at radius 3 is 2.72 bits per heavy atom. The molecule has 0 aliphatic heterocycles. The Kier molecular flexibility index (Phi) is 4.24. The Morgan fingerprint density at radius 1 is 1.39 bits per heavy atom. The van der Waals surface area contributed by atoms with E-state index in [2.05, 4.69) is 5.32 Å². The van der Waals surface area contributed by atoms with E-state index in [4.69, 9.17) is 4.74 Å². The number of hydrogen-bond donors (Lipinski definition) is 1. The Morgan fingerprint density at radius 2 is 2.11 bits per heavy atom. The monoisotopic (exact) mass is 247 g/mol. The van der Waals surface area contributed by atoms with Crippen LogP contribution in [0.1, 0.15) is 43.0 Å². The zero-order valence-corrected chi connectivity index (χ0v) is 11.2. The van der Waals surface area contributed by atoms with Gasteiger partial charge in [-0.1, -0.05) is 12.8 Å². The van der Waals surface area contributed by atoms with Crippen LogP contribution < -0.4 is 10.1 Å². The maximum Gasteiger partial charge on any atom is 0.166 e. The van der Waals surface area contributed by atoms with Gasteiger partial charge < -0.3 is 10.1 Å². The van der Waals surface area contributed by atoms with Crippen LogP contribution in [0.5, 0.6) is 5.75 Å². The summed E-state index contributed by atoms with van der Waals surface area (Å²) >= 11 is 0. The Hall–Kier alpha value is -1.51. The summed E-state index contributed by atoms with van der Waals surface area (Å²) in [5.41, 5.74) is 1.71. The van der Waals surface area contributed by atoms with Crippen LogP contribution in [-0.2, 0) is 0 Å². The lowest BCUT2D eigenvalue weighted by Crippen LogP contribution is -2.11. The molecule has 0 saturated heterocycles. The molecule has 3 heteroatoms. The molecular weight excluding hydrogens is 226 g/mol. The van der Waals surface area contributed by atoms with Crippen LogP contribution in [0, 0.1) is 5.92 Å². The molecule has 0 amide bonds. The quantitative estimate of drug-likeness (QED) is 0.809. The van der Waals surface area contributed by atoms with Gasteiger partial charge in [0.05, 0.1) is 12.8 Å². The average Bonchev–Trinajstić information content (AvgIpc) is 2.92. The lowest BCUT2D eigenvalue weighted by atomic mass is 9.96. The van der Waals surface area contributed by atoms with Gasteiger partial charge in [0.1, 0.15) is 5.75 Å². The zero-order chi connectivity index (χ0) is 13.0. The molecular formula is C15H21NO2. The highest BCUT2D eigenvalue weighted by Gasteiger charge is 2.24. The van der Waals surface area contributed by atoms with Crippen LogP contribution in [0.15, 0.2) is 18.2 Å². The number of hydrogen-bond acceptors (Lipinski definition) is 3. The number of nitrogens with one attached hydrogen (secondary N) is 1. The number of anilines is 1. The second-order valence-electron chi connectivity index (χ2n) is 4.79. The molecule has 2 rings (SSSR count). The molecule has 0 unspecified atom stereocenters. The number of carbonyl (C=O) groups excluding carboxylic acids is 1. The minimum Gasteiger partial charge on any atom is -0.495 e. The topological polar surface area (TPSA) is 38.3 Å². The van der Waals surface area contributed by atoms with Crippen molar-refractivity contribution in [3.05, 3.63) is 23.8 Å².